The molecule has 2 aliphatic heterocycles. The zero-order valence-corrected chi connectivity index (χ0v) is 8.28. The molecule has 0 atom stereocenters. The van der Waals surface area contributed by atoms with Crippen molar-refractivity contribution < 1.29 is 19.2 Å². The molecule has 2 heterocycles. The molecule has 9 heteroatoms. The fourth-order valence-corrected chi connectivity index (χ4v) is 0.712. The van der Waals surface area contributed by atoms with Crippen LogP contribution in [0.2, 0.25) is 0 Å². The van der Waals surface area contributed by atoms with E-state index in [0.29, 0.717) is 0 Å². The molecule has 0 aromatic carbocycles. The molecule has 9 nitrogen and oxygen atoms in total. The minimum absolute atomic E-state index is 0.329. The van der Waals surface area contributed by atoms with Gasteiger partial charge in [0.1, 0.15) is 0 Å². The zero-order valence-electron chi connectivity index (χ0n) is 8.28. The highest BCUT2D eigenvalue weighted by molar-refractivity contribution is 6.13. The van der Waals surface area contributed by atoms with Gasteiger partial charge in [0.05, 0.1) is 0 Å². The first kappa shape index (κ1) is 14.1. The van der Waals surface area contributed by atoms with Crippen LogP contribution in [0.1, 0.15) is 0 Å². The number of nitrogens with one attached hydrogen (secondary N) is 2. The quantitative estimate of drug-likeness (QED) is 0.246. The third-order valence-electron chi connectivity index (χ3n) is 1.26. The lowest BCUT2D eigenvalue weighted by atomic mass is 10.6. The number of hydrogen-bond donors (Lipinski definition) is 2. The van der Waals surface area contributed by atoms with Crippen LogP contribution < -0.4 is 10.6 Å². The van der Waals surface area contributed by atoms with Crippen molar-refractivity contribution in [3.8, 4) is 0 Å². The predicted octanol–water partition coefficient (Wildman–Crippen LogP) is -0.736. The second-order valence-corrected chi connectivity index (χ2v) is 2.46. The van der Waals surface area contributed by atoms with Crippen LogP contribution in [0.25, 0.3) is 16.0 Å². The number of carbonyl (C=O) groups excluding carboxylic acids is 4. The summed E-state index contributed by atoms with van der Waals surface area (Å²) in [6.07, 6.45) is 4.79. The fourth-order valence-electron chi connectivity index (χ4n) is 0.712. The fraction of sp³-hybridized carbons (Fsp3) is 0. The van der Waals surface area contributed by atoms with Crippen molar-refractivity contribution in [1.29, 1.82) is 0 Å². The van der Waals surface area contributed by atoms with E-state index in [9.17, 15) is 19.2 Å². The van der Waals surface area contributed by atoms with Crippen molar-refractivity contribution in [3.05, 3.63) is 40.3 Å². The molecule has 88 valence electrons. The lowest BCUT2D eigenvalue weighted by Crippen LogP contribution is -2.19. The van der Waals surface area contributed by atoms with Gasteiger partial charge in [0.2, 0.25) is 0 Å². The van der Waals surface area contributed by atoms with Crippen molar-refractivity contribution in [1.82, 2.24) is 10.6 Å². The van der Waals surface area contributed by atoms with E-state index in [1.807, 2.05) is 10.6 Å². The van der Waals surface area contributed by atoms with E-state index >= 15 is 0 Å². The summed E-state index contributed by atoms with van der Waals surface area (Å²) in [5.74, 6) is -1.31. The Balaban J connectivity index is 0.000000247. The topological polar surface area (TPSA) is 151 Å². The average molecular weight is 236 g/mol. The van der Waals surface area contributed by atoms with E-state index in [-0.39, 0.29) is 23.6 Å². The van der Waals surface area contributed by atoms with Gasteiger partial charge < -0.3 is 11.1 Å². The van der Waals surface area contributed by atoms with E-state index in [1.54, 1.807) is 0 Å². The number of amides is 4. The highest BCUT2D eigenvalue weighted by Crippen LogP contribution is 1.83. The molecule has 0 aromatic rings. The van der Waals surface area contributed by atoms with Crippen LogP contribution in [0.5, 0.6) is 0 Å². The molecule has 0 saturated heterocycles. The van der Waals surface area contributed by atoms with Crippen LogP contribution in [0.4, 0.5) is 0 Å². The van der Waals surface area contributed by atoms with E-state index in [4.69, 9.17) is 11.1 Å². The Bertz CT molecular complexity index is 377. The average Bonchev–Trinajstić information content (AvgIpc) is 2.78. The molecule has 0 fully saturated rings. The lowest BCUT2D eigenvalue weighted by molar-refractivity contribution is -0.125. The SMILES string of the molecule is O=C1C=CC(=O)N1.O=C1C=CC(=O)N1.[N-]=[N+]=[N-]. The Morgan fingerprint density at radius 3 is 0.941 bits per heavy atom. The van der Waals surface area contributed by atoms with Crippen molar-refractivity contribution in [2.24, 2.45) is 0 Å². The second kappa shape index (κ2) is 7.37. The van der Waals surface area contributed by atoms with E-state index in [1.165, 1.54) is 29.2 Å². The largest absolute Gasteiger partial charge is 0.373 e. The lowest BCUT2D eigenvalue weighted by Gasteiger charge is -1.80. The Morgan fingerprint density at radius 1 is 0.706 bits per heavy atom. The highest BCUT2D eigenvalue weighted by atomic mass is 16.2. The summed E-state index contributed by atoms with van der Waals surface area (Å²) in [7, 11) is 0. The van der Waals surface area contributed by atoms with Crippen LogP contribution in [0.15, 0.2) is 24.3 Å². The molecule has 4 amide bonds. The molecule has 0 bridgehead atoms. The summed E-state index contributed by atoms with van der Waals surface area (Å²) in [6.45, 7) is 0. The predicted molar refractivity (Wildman–Crippen MR) is 54.7 cm³/mol. The molecule has 2 rings (SSSR count). The molecule has 17 heavy (non-hydrogen) atoms. The maximum absolute atomic E-state index is 10.0. The Hall–Kier alpha value is -2.93. The van der Waals surface area contributed by atoms with Crippen LogP contribution in [0, 0.1) is 0 Å². The third kappa shape index (κ3) is 7.05. The molecule has 2 N–H and O–H groups in total. The first-order valence-electron chi connectivity index (χ1n) is 4.04. The normalized spacial score (nSPS) is 15.1. The van der Waals surface area contributed by atoms with Gasteiger partial charge in [-0.1, -0.05) is 0 Å². The molecule has 0 saturated carbocycles. The van der Waals surface area contributed by atoms with Gasteiger partial charge >= 0.3 is 0 Å². The summed E-state index contributed by atoms with van der Waals surface area (Å²) in [5, 5.41) is 4.06. The van der Waals surface area contributed by atoms with Crippen LogP contribution in [-0.2, 0) is 19.2 Å². The van der Waals surface area contributed by atoms with Gasteiger partial charge in [-0.15, -0.1) is 0 Å². The second-order valence-electron chi connectivity index (χ2n) is 2.46. The van der Waals surface area contributed by atoms with Gasteiger partial charge in [-0.25, -0.2) is 0 Å². The Kier molecular flexibility index (Phi) is 6.10. The van der Waals surface area contributed by atoms with E-state index in [2.05, 4.69) is 0 Å². The van der Waals surface area contributed by atoms with Crippen molar-refractivity contribution in [2.75, 3.05) is 0 Å². The standard InChI is InChI=1S/2C4H3NO2.N3/c2*6-3-1-2-4(7)5-3;1-3-2/h2*1-2H,(H,5,6,7);/q;;-1. The van der Waals surface area contributed by atoms with E-state index in [0.717, 1.165) is 0 Å². The number of hydrogen-bond acceptors (Lipinski definition) is 4. The molecular formula is C8H6N5O4-. The van der Waals surface area contributed by atoms with Crippen LogP contribution in [0.3, 0.4) is 0 Å². The van der Waals surface area contributed by atoms with Gasteiger partial charge in [0.15, 0.2) is 0 Å². The monoisotopic (exact) mass is 236 g/mol. The van der Waals surface area contributed by atoms with Crippen molar-refractivity contribution >= 4 is 23.6 Å². The zero-order chi connectivity index (χ0) is 13.3. The van der Waals surface area contributed by atoms with Crippen molar-refractivity contribution in [3.63, 3.8) is 0 Å². The maximum Gasteiger partial charge on any atom is 0.250 e. The Morgan fingerprint density at radius 2 is 0.882 bits per heavy atom. The summed E-state index contributed by atoms with van der Waals surface area (Å²) in [6, 6.07) is 0. The van der Waals surface area contributed by atoms with Gasteiger partial charge in [0, 0.05) is 24.3 Å². The molecule has 0 radical (unpaired) electrons. The third-order valence-corrected chi connectivity index (χ3v) is 1.26. The molecule has 0 aromatic heterocycles. The molecular weight excluding hydrogens is 230 g/mol. The van der Waals surface area contributed by atoms with Crippen LogP contribution >= 0.6 is 0 Å². The minimum Gasteiger partial charge on any atom is -0.373 e. The molecule has 0 aliphatic carbocycles. The molecule has 2 aliphatic rings. The smallest absolute Gasteiger partial charge is 0.250 e. The van der Waals surface area contributed by atoms with Gasteiger partial charge in [-0.3, -0.25) is 34.7 Å². The Labute approximate surface area is 94.6 Å². The van der Waals surface area contributed by atoms with Gasteiger partial charge in [0.25, 0.3) is 23.6 Å². The number of nitrogens with zero attached hydrogens (tertiary/aromatic N) is 3. The molecule has 0 spiro atoms. The summed E-state index contributed by atoms with van der Waals surface area (Å²) in [5.41, 5.74) is 13.5. The summed E-state index contributed by atoms with van der Waals surface area (Å²) < 4.78 is 0. The van der Waals surface area contributed by atoms with E-state index < -0.39 is 0 Å². The highest BCUT2D eigenvalue weighted by Gasteiger charge is 2.07. The van der Waals surface area contributed by atoms with Crippen LogP contribution in [-0.4, -0.2) is 23.6 Å². The first-order chi connectivity index (χ1) is 7.99. The molecule has 0 unspecified atom stereocenters. The van der Waals surface area contributed by atoms with Gasteiger partial charge in [-0.05, 0) is 0 Å². The number of carbonyl (C=O) groups is 4. The summed E-state index contributed by atoms with van der Waals surface area (Å²) in [4.78, 5) is 41.6. The number of rotatable bonds is 0. The van der Waals surface area contributed by atoms with Crippen molar-refractivity contribution in [2.45, 2.75) is 0 Å². The summed E-state index contributed by atoms with van der Waals surface area (Å²) >= 11 is 0. The first-order valence-corrected chi connectivity index (χ1v) is 4.04. The number of imide groups is 2. The minimum atomic E-state index is -0.329. The van der Waals surface area contributed by atoms with Gasteiger partial charge in [-0.2, -0.15) is 0 Å². The maximum atomic E-state index is 10.0.